The standard InChI is InChI=1S/C12H12N2O2/c1-14(9-11(7-13)12(15)16)8-10-5-3-2-4-6-10/h2-6,9H,8H2,1H3,(H,15,16)/b11-9+. The molecule has 0 aliphatic rings. The maximum absolute atomic E-state index is 10.6. The number of nitriles is 1. The van der Waals surface area contributed by atoms with Crippen molar-refractivity contribution in [1.29, 1.82) is 5.26 Å². The van der Waals surface area contributed by atoms with E-state index in [9.17, 15) is 4.79 Å². The van der Waals surface area contributed by atoms with Crippen LogP contribution in [0.4, 0.5) is 0 Å². The number of carboxylic acid groups (broad SMARTS) is 1. The lowest BCUT2D eigenvalue weighted by Crippen LogP contribution is -2.13. The number of hydrogen-bond acceptors (Lipinski definition) is 3. The van der Waals surface area contributed by atoms with Crippen LogP contribution in [-0.4, -0.2) is 23.0 Å². The van der Waals surface area contributed by atoms with Gasteiger partial charge in [0, 0.05) is 19.8 Å². The first-order valence-corrected chi connectivity index (χ1v) is 4.73. The lowest BCUT2D eigenvalue weighted by Gasteiger charge is -2.13. The number of benzene rings is 1. The van der Waals surface area contributed by atoms with E-state index in [1.807, 2.05) is 30.3 Å². The molecular formula is C12H12N2O2. The molecule has 0 saturated heterocycles. The maximum Gasteiger partial charge on any atom is 0.347 e. The molecule has 0 atom stereocenters. The van der Waals surface area contributed by atoms with Gasteiger partial charge in [0.1, 0.15) is 6.07 Å². The Morgan fingerprint density at radius 3 is 2.62 bits per heavy atom. The monoisotopic (exact) mass is 216 g/mol. The average Bonchev–Trinajstić information content (AvgIpc) is 2.27. The van der Waals surface area contributed by atoms with Gasteiger partial charge in [-0.3, -0.25) is 0 Å². The third kappa shape index (κ3) is 3.46. The number of hydrogen-bond donors (Lipinski definition) is 1. The third-order valence-corrected chi connectivity index (χ3v) is 1.98. The Morgan fingerprint density at radius 2 is 2.12 bits per heavy atom. The highest BCUT2D eigenvalue weighted by Gasteiger charge is 2.06. The maximum atomic E-state index is 10.6. The molecule has 0 aliphatic carbocycles. The van der Waals surface area contributed by atoms with E-state index in [2.05, 4.69) is 0 Å². The second-order valence-electron chi connectivity index (χ2n) is 3.36. The minimum Gasteiger partial charge on any atom is -0.477 e. The first-order chi connectivity index (χ1) is 7.63. The fourth-order valence-corrected chi connectivity index (χ4v) is 1.27. The summed E-state index contributed by atoms with van der Waals surface area (Å²) < 4.78 is 0. The smallest absolute Gasteiger partial charge is 0.347 e. The molecule has 0 aromatic heterocycles. The summed E-state index contributed by atoms with van der Waals surface area (Å²) in [6.45, 7) is 0.569. The van der Waals surface area contributed by atoms with Gasteiger partial charge in [-0.05, 0) is 5.56 Å². The van der Waals surface area contributed by atoms with Crippen LogP contribution >= 0.6 is 0 Å². The summed E-state index contributed by atoms with van der Waals surface area (Å²) in [5.74, 6) is -1.21. The zero-order chi connectivity index (χ0) is 12.0. The van der Waals surface area contributed by atoms with E-state index in [0.717, 1.165) is 5.56 Å². The van der Waals surface area contributed by atoms with Crippen LogP contribution in [0.25, 0.3) is 0 Å². The quantitative estimate of drug-likeness (QED) is 0.613. The van der Waals surface area contributed by atoms with Crippen molar-refractivity contribution in [2.45, 2.75) is 6.54 Å². The first-order valence-electron chi connectivity index (χ1n) is 4.73. The Kier molecular flexibility index (Phi) is 4.10. The summed E-state index contributed by atoms with van der Waals surface area (Å²) in [6.07, 6.45) is 1.33. The fraction of sp³-hybridized carbons (Fsp3) is 0.167. The number of carboxylic acids is 1. The van der Waals surface area contributed by atoms with Crippen LogP contribution in [0.2, 0.25) is 0 Å². The average molecular weight is 216 g/mol. The van der Waals surface area contributed by atoms with E-state index in [4.69, 9.17) is 10.4 Å². The fourth-order valence-electron chi connectivity index (χ4n) is 1.27. The van der Waals surface area contributed by atoms with E-state index >= 15 is 0 Å². The van der Waals surface area contributed by atoms with Crippen molar-refractivity contribution in [2.75, 3.05) is 7.05 Å². The Bertz CT molecular complexity index is 432. The van der Waals surface area contributed by atoms with Crippen molar-refractivity contribution < 1.29 is 9.90 Å². The van der Waals surface area contributed by atoms with Crippen molar-refractivity contribution in [3.8, 4) is 6.07 Å². The molecule has 82 valence electrons. The van der Waals surface area contributed by atoms with Crippen LogP contribution in [-0.2, 0) is 11.3 Å². The summed E-state index contributed by atoms with van der Waals surface area (Å²) in [7, 11) is 1.73. The molecule has 4 nitrogen and oxygen atoms in total. The second-order valence-corrected chi connectivity index (χ2v) is 3.36. The summed E-state index contributed by atoms with van der Waals surface area (Å²) in [6, 6.07) is 11.3. The van der Waals surface area contributed by atoms with Crippen molar-refractivity contribution in [3.05, 3.63) is 47.7 Å². The Labute approximate surface area is 94.0 Å². The summed E-state index contributed by atoms with van der Waals surface area (Å²) >= 11 is 0. The summed E-state index contributed by atoms with van der Waals surface area (Å²) in [4.78, 5) is 12.3. The van der Waals surface area contributed by atoms with Crippen LogP contribution in [0.15, 0.2) is 42.1 Å². The van der Waals surface area contributed by atoms with Crippen molar-refractivity contribution in [2.24, 2.45) is 0 Å². The van der Waals surface area contributed by atoms with Gasteiger partial charge < -0.3 is 10.0 Å². The molecule has 1 aromatic carbocycles. The predicted octanol–water partition coefficient (Wildman–Crippen LogP) is 1.61. The van der Waals surface area contributed by atoms with E-state index in [1.165, 1.54) is 6.20 Å². The number of aliphatic carboxylic acids is 1. The molecule has 1 aromatic rings. The Hall–Kier alpha value is -2.28. The van der Waals surface area contributed by atoms with Gasteiger partial charge in [0.05, 0.1) is 0 Å². The highest BCUT2D eigenvalue weighted by Crippen LogP contribution is 2.04. The topological polar surface area (TPSA) is 64.3 Å². The van der Waals surface area contributed by atoms with E-state index in [0.29, 0.717) is 6.54 Å². The molecular weight excluding hydrogens is 204 g/mol. The third-order valence-electron chi connectivity index (χ3n) is 1.98. The molecule has 0 unspecified atom stereocenters. The van der Waals surface area contributed by atoms with Crippen LogP contribution in [0.5, 0.6) is 0 Å². The molecule has 0 spiro atoms. The molecule has 0 amide bonds. The van der Waals surface area contributed by atoms with Crippen LogP contribution < -0.4 is 0 Å². The largest absolute Gasteiger partial charge is 0.477 e. The molecule has 4 heteroatoms. The molecule has 1 N–H and O–H groups in total. The molecule has 0 heterocycles. The summed E-state index contributed by atoms with van der Waals surface area (Å²) in [5.41, 5.74) is 0.794. The van der Waals surface area contributed by atoms with Crippen molar-refractivity contribution in [1.82, 2.24) is 4.90 Å². The molecule has 0 saturated carbocycles. The highest BCUT2D eigenvalue weighted by atomic mass is 16.4. The van der Waals surface area contributed by atoms with Crippen LogP contribution in [0.1, 0.15) is 5.56 Å². The molecule has 1 rings (SSSR count). The minimum atomic E-state index is -1.21. The zero-order valence-corrected chi connectivity index (χ0v) is 8.92. The SMILES string of the molecule is CN(/C=C(\C#N)C(=O)O)Cc1ccccc1. The van der Waals surface area contributed by atoms with Gasteiger partial charge in [0.25, 0.3) is 0 Å². The Morgan fingerprint density at radius 1 is 1.50 bits per heavy atom. The molecule has 0 radical (unpaired) electrons. The van der Waals surface area contributed by atoms with Gasteiger partial charge in [-0.1, -0.05) is 30.3 Å². The highest BCUT2D eigenvalue weighted by molar-refractivity contribution is 5.90. The van der Waals surface area contributed by atoms with E-state index in [1.54, 1.807) is 18.0 Å². The molecule has 0 aliphatic heterocycles. The van der Waals surface area contributed by atoms with Gasteiger partial charge in [-0.2, -0.15) is 5.26 Å². The van der Waals surface area contributed by atoms with Gasteiger partial charge in [0.2, 0.25) is 0 Å². The number of carbonyl (C=O) groups is 1. The van der Waals surface area contributed by atoms with Gasteiger partial charge in [-0.15, -0.1) is 0 Å². The van der Waals surface area contributed by atoms with Crippen LogP contribution in [0.3, 0.4) is 0 Å². The van der Waals surface area contributed by atoms with Gasteiger partial charge in [-0.25, -0.2) is 4.79 Å². The number of nitrogens with zero attached hydrogens (tertiary/aromatic N) is 2. The van der Waals surface area contributed by atoms with Crippen LogP contribution in [0, 0.1) is 11.3 Å². The van der Waals surface area contributed by atoms with Gasteiger partial charge >= 0.3 is 5.97 Å². The van der Waals surface area contributed by atoms with Crippen molar-refractivity contribution in [3.63, 3.8) is 0 Å². The first kappa shape index (κ1) is 11.8. The second kappa shape index (κ2) is 5.56. The molecule has 0 fully saturated rings. The normalized spacial score (nSPS) is 10.6. The van der Waals surface area contributed by atoms with E-state index < -0.39 is 5.97 Å². The lowest BCUT2D eigenvalue weighted by molar-refractivity contribution is -0.132. The minimum absolute atomic E-state index is 0.265. The lowest BCUT2D eigenvalue weighted by atomic mass is 10.2. The molecule has 0 bridgehead atoms. The van der Waals surface area contributed by atoms with E-state index in [-0.39, 0.29) is 5.57 Å². The molecule has 16 heavy (non-hydrogen) atoms. The number of rotatable bonds is 4. The van der Waals surface area contributed by atoms with Gasteiger partial charge in [0.15, 0.2) is 5.57 Å². The Balaban J connectivity index is 2.71. The summed E-state index contributed by atoms with van der Waals surface area (Å²) in [5, 5.41) is 17.3. The van der Waals surface area contributed by atoms with Crippen molar-refractivity contribution >= 4 is 5.97 Å². The zero-order valence-electron chi connectivity index (χ0n) is 8.92. The predicted molar refractivity (Wildman–Crippen MR) is 59.2 cm³/mol.